The maximum Gasteiger partial charge on any atom is 0.407 e. The van der Waals surface area contributed by atoms with Crippen LogP contribution in [-0.4, -0.2) is 27.8 Å². The Kier molecular flexibility index (Phi) is 6.24. The van der Waals surface area contributed by atoms with E-state index in [1.165, 1.54) is 17.0 Å². The van der Waals surface area contributed by atoms with Gasteiger partial charge in [-0.3, -0.25) is 9.36 Å². The first-order chi connectivity index (χ1) is 13.7. The predicted molar refractivity (Wildman–Crippen MR) is 111 cm³/mol. The number of carbonyl (C=O) groups is 1. The molecule has 1 amide bonds. The highest BCUT2D eigenvalue weighted by atomic mass is 19.1. The number of nitrogens with one attached hydrogen (secondary N) is 1. The number of aromatic nitrogens is 2. The Labute approximate surface area is 170 Å². The molecule has 0 aliphatic heterocycles. The first-order valence-corrected chi connectivity index (χ1v) is 10.4. The summed E-state index contributed by atoms with van der Waals surface area (Å²) in [6.07, 6.45) is 5.25. The molecule has 6 nitrogen and oxygen atoms in total. The maximum absolute atomic E-state index is 14.7. The van der Waals surface area contributed by atoms with Gasteiger partial charge in [0.2, 0.25) is 0 Å². The SMILES string of the molecule is CCC(CCCNC(=O)OC(C)(C)C)n1cnc2cc(C3CC3)cc(F)c2c1=O. The van der Waals surface area contributed by atoms with Gasteiger partial charge in [0.05, 0.1) is 11.8 Å². The molecule has 1 aromatic carbocycles. The minimum absolute atomic E-state index is 0.0576. The van der Waals surface area contributed by atoms with Gasteiger partial charge in [0.1, 0.15) is 16.8 Å². The zero-order valence-corrected chi connectivity index (χ0v) is 17.6. The fourth-order valence-electron chi connectivity index (χ4n) is 3.53. The third-order valence-electron chi connectivity index (χ3n) is 5.16. The average molecular weight is 403 g/mol. The van der Waals surface area contributed by atoms with Crippen molar-refractivity contribution in [2.75, 3.05) is 6.54 Å². The average Bonchev–Trinajstić information content (AvgIpc) is 3.46. The summed E-state index contributed by atoms with van der Waals surface area (Å²) in [5.41, 5.74) is 0.472. The highest BCUT2D eigenvalue weighted by Crippen LogP contribution is 2.41. The lowest BCUT2D eigenvalue weighted by Crippen LogP contribution is -2.33. The van der Waals surface area contributed by atoms with Crippen LogP contribution in [0.5, 0.6) is 0 Å². The lowest BCUT2D eigenvalue weighted by Gasteiger charge is -2.21. The molecule has 29 heavy (non-hydrogen) atoms. The topological polar surface area (TPSA) is 73.2 Å². The highest BCUT2D eigenvalue weighted by Gasteiger charge is 2.26. The molecule has 2 aromatic rings. The second kappa shape index (κ2) is 8.51. The fourth-order valence-corrected chi connectivity index (χ4v) is 3.53. The van der Waals surface area contributed by atoms with E-state index in [1.54, 1.807) is 0 Å². The minimum atomic E-state index is -0.538. The molecule has 1 saturated carbocycles. The molecule has 3 rings (SSSR count). The van der Waals surface area contributed by atoms with Gasteiger partial charge < -0.3 is 10.1 Å². The molecule has 1 fully saturated rings. The van der Waals surface area contributed by atoms with Crippen molar-refractivity contribution in [3.63, 3.8) is 0 Å². The van der Waals surface area contributed by atoms with Crippen LogP contribution in [0.2, 0.25) is 0 Å². The summed E-state index contributed by atoms with van der Waals surface area (Å²) in [5.74, 6) is -0.0864. The van der Waals surface area contributed by atoms with Crippen LogP contribution in [0.3, 0.4) is 0 Å². The fraction of sp³-hybridized carbons (Fsp3) is 0.591. The standard InChI is InChI=1S/C22H30FN3O3/c1-5-16(7-6-10-24-21(28)29-22(2,3)4)26-13-25-18-12-15(14-8-9-14)11-17(23)19(18)20(26)27/h11-14,16H,5-10H2,1-4H3,(H,24,28). The van der Waals surface area contributed by atoms with E-state index >= 15 is 0 Å². The van der Waals surface area contributed by atoms with Gasteiger partial charge in [-0.25, -0.2) is 14.2 Å². The molecule has 158 valence electrons. The number of ether oxygens (including phenoxy) is 1. The van der Waals surface area contributed by atoms with E-state index in [-0.39, 0.29) is 17.0 Å². The number of benzene rings is 1. The summed E-state index contributed by atoms with van der Waals surface area (Å²) in [4.78, 5) is 29.0. The van der Waals surface area contributed by atoms with Crippen molar-refractivity contribution in [3.05, 3.63) is 40.2 Å². The van der Waals surface area contributed by atoms with E-state index in [9.17, 15) is 14.0 Å². The van der Waals surface area contributed by atoms with Crippen molar-refractivity contribution in [2.24, 2.45) is 0 Å². The molecule has 1 heterocycles. The van der Waals surface area contributed by atoms with Gasteiger partial charge in [-0.1, -0.05) is 6.92 Å². The van der Waals surface area contributed by atoms with E-state index in [0.29, 0.717) is 37.2 Å². The van der Waals surface area contributed by atoms with Crippen molar-refractivity contribution in [1.82, 2.24) is 14.9 Å². The summed E-state index contributed by atoms with van der Waals surface area (Å²) in [6, 6.07) is 3.22. The van der Waals surface area contributed by atoms with Gasteiger partial charge in [-0.2, -0.15) is 0 Å². The number of hydrogen-bond acceptors (Lipinski definition) is 4. The zero-order valence-electron chi connectivity index (χ0n) is 17.6. The maximum atomic E-state index is 14.7. The van der Waals surface area contributed by atoms with Crippen LogP contribution < -0.4 is 10.9 Å². The Hall–Kier alpha value is -2.44. The Morgan fingerprint density at radius 3 is 2.72 bits per heavy atom. The molecule has 1 aliphatic carbocycles. The van der Waals surface area contributed by atoms with Crippen molar-refractivity contribution < 1.29 is 13.9 Å². The van der Waals surface area contributed by atoms with Crippen molar-refractivity contribution >= 4 is 17.0 Å². The van der Waals surface area contributed by atoms with Gasteiger partial charge >= 0.3 is 6.09 Å². The first-order valence-electron chi connectivity index (χ1n) is 10.4. The molecule has 1 aliphatic rings. The molecular weight excluding hydrogens is 373 g/mol. The van der Waals surface area contributed by atoms with Crippen LogP contribution in [0, 0.1) is 5.82 Å². The molecule has 0 saturated heterocycles. The molecule has 1 unspecified atom stereocenters. The number of fused-ring (bicyclic) bond motifs is 1. The summed E-state index contributed by atoms with van der Waals surface area (Å²) in [6.45, 7) is 7.86. The van der Waals surface area contributed by atoms with Crippen molar-refractivity contribution in [2.45, 2.75) is 77.4 Å². The number of hydrogen-bond donors (Lipinski definition) is 1. The normalized spacial score (nSPS) is 15.3. The number of carbonyl (C=O) groups excluding carboxylic acids is 1. The Morgan fingerprint density at radius 2 is 2.10 bits per heavy atom. The minimum Gasteiger partial charge on any atom is -0.444 e. The third kappa shape index (κ3) is 5.34. The van der Waals surface area contributed by atoms with E-state index in [4.69, 9.17) is 4.74 Å². The third-order valence-corrected chi connectivity index (χ3v) is 5.16. The number of nitrogens with zero attached hydrogens (tertiary/aromatic N) is 2. The summed E-state index contributed by atoms with van der Waals surface area (Å²) in [7, 11) is 0. The zero-order chi connectivity index (χ0) is 21.2. The molecule has 7 heteroatoms. The first kappa shape index (κ1) is 21.3. The monoisotopic (exact) mass is 403 g/mol. The number of alkyl carbamates (subject to hydrolysis) is 1. The van der Waals surface area contributed by atoms with Crippen LogP contribution in [0.25, 0.3) is 10.9 Å². The van der Waals surface area contributed by atoms with Gasteiger partial charge in [0, 0.05) is 12.6 Å². The largest absolute Gasteiger partial charge is 0.444 e. The van der Waals surface area contributed by atoms with Crippen molar-refractivity contribution in [1.29, 1.82) is 0 Å². The quantitative estimate of drug-likeness (QED) is 0.682. The van der Waals surface area contributed by atoms with E-state index < -0.39 is 17.5 Å². The smallest absolute Gasteiger partial charge is 0.407 e. The van der Waals surface area contributed by atoms with Crippen LogP contribution in [0.1, 0.15) is 77.3 Å². The van der Waals surface area contributed by atoms with Crippen molar-refractivity contribution in [3.8, 4) is 0 Å². The van der Waals surface area contributed by atoms with Crippen LogP contribution in [0.4, 0.5) is 9.18 Å². The highest BCUT2D eigenvalue weighted by molar-refractivity contribution is 5.79. The van der Waals surface area contributed by atoms with Gasteiger partial charge in [-0.15, -0.1) is 0 Å². The van der Waals surface area contributed by atoms with E-state index in [0.717, 1.165) is 18.4 Å². The van der Waals surface area contributed by atoms with E-state index in [1.807, 2.05) is 33.8 Å². The van der Waals surface area contributed by atoms with E-state index in [2.05, 4.69) is 10.3 Å². The number of rotatable bonds is 7. The van der Waals surface area contributed by atoms with Gasteiger partial charge in [-0.05, 0) is 76.5 Å². The number of amides is 1. The Bertz CT molecular complexity index is 945. The van der Waals surface area contributed by atoms with Crippen LogP contribution >= 0.6 is 0 Å². The lowest BCUT2D eigenvalue weighted by molar-refractivity contribution is 0.0526. The Morgan fingerprint density at radius 1 is 1.38 bits per heavy atom. The van der Waals surface area contributed by atoms with Gasteiger partial charge in [0.25, 0.3) is 5.56 Å². The summed E-state index contributed by atoms with van der Waals surface area (Å²) in [5, 5.41) is 2.78. The second-order valence-electron chi connectivity index (χ2n) is 8.76. The summed E-state index contributed by atoms with van der Waals surface area (Å²) < 4.78 is 21.4. The van der Waals surface area contributed by atoms with Gasteiger partial charge in [0.15, 0.2) is 0 Å². The number of halogens is 1. The predicted octanol–water partition coefficient (Wildman–Crippen LogP) is 4.67. The molecule has 1 atom stereocenters. The second-order valence-corrected chi connectivity index (χ2v) is 8.76. The molecule has 1 aromatic heterocycles. The molecule has 0 spiro atoms. The molecule has 0 bridgehead atoms. The Balaban J connectivity index is 1.68. The molecule has 0 radical (unpaired) electrons. The summed E-state index contributed by atoms with van der Waals surface area (Å²) >= 11 is 0. The van der Waals surface area contributed by atoms with Crippen LogP contribution in [0.15, 0.2) is 23.3 Å². The lowest BCUT2D eigenvalue weighted by atomic mass is 10.1. The molecular formula is C22H30FN3O3. The van der Waals surface area contributed by atoms with Crippen LogP contribution in [-0.2, 0) is 4.74 Å². The molecule has 1 N–H and O–H groups in total.